The number of nitrogens with zero attached hydrogens (tertiary/aromatic N) is 1. The highest BCUT2D eigenvalue weighted by molar-refractivity contribution is 7.99. The number of thioether (sulfide) groups is 1. The molecular formula is C17H25FN2OS. The molecule has 1 aliphatic carbocycles. The van der Waals surface area contributed by atoms with E-state index in [0.717, 1.165) is 35.8 Å². The Kier molecular flexibility index (Phi) is 6.55. The van der Waals surface area contributed by atoms with Crippen molar-refractivity contribution in [3.05, 3.63) is 30.1 Å². The van der Waals surface area contributed by atoms with Gasteiger partial charge in [-0.1, -0.05) is 6.92 Å². The monoisotopic (exact) mass is 324 g/mol. The van der Waals surface area contributed by atoms with Gasteiger partial charge in [-0.05, 0) is 68.0 Å². The van der Waals surface area contributed by atoms with Crippen LogP contribution in [-0.4, -0.2) is 29.3 Å². The number of carbonyl (C=O) groups is 1. The van der Waals surface area contributed by atoms with E-state index in [9.17, 15) is 9.18 Å². The summed E-state index contributed by atoms with van der Waals surface area (Å²) in [5.41, 5.74) is 5.55. The molecule has 1 saturated carbocycles. The first-order valence-electron chi connectivity index (χ1n) is 8.00. The molecule has 5 heteroatoms. The molecule has 0 atom stereocenters. The van der Waals surface area contributed by atoms with Crippen LogP contribution in [0.2, 0.25) is 0 Å². The Morgan fingerprint density at radius 1 is 1.27 bits per heavy atom. The Hall–Kier alpha value is -1.23. The van der Waals surface area contributed by atoms with Crippen molar-refractivity contribution >= 4 is 17.8 Å². The zero-order chi connectivity index (χ0) is 15.9. The number of hydrogen-bond donors (Lipinski definition) is 1. The summed E-state index contributed by atoms with van der Waals surface area (Å²) in [6, 6.07) is 6.53. The molecule has 2 amide bonds. The van der Waals surface area contributed by atoms with Gasteiger partial charge in [0.1, 0.15) is 5.82 Å². The van der Waals surface area contributed by atoms with E-state index in [4.69, 9.17) is 5.73 Å². The molecule has 22 heavy (non-hydrogen) atoms. The van der Waals surface area contributed by atoms with Gasteiger partial charge in [0, 0.05) is 17.5 Å². The highest BCUT2D eigenvalue weighted by atomic mass is 32.2. The summed E-state index contributed by atoms with van der Waals surface area (Å²) < 4.78 is 12.8. The number of amides is 2. The molecule has 0 unspecified atom stereocenters. The van der Waals surface area contributed by atoms with E-state index in [2.05, 4.69) is 6.92 Å². The van der Waals surface area contributed by atoms with E-state index < -0.39 is 0 Å². The van der Waals surface area contributed by atoms with Crippen LogP contribution in [0.5, 0.6) is 0 Å². The van der Waals surface area contributed by atoms with Crippen LogP contribution in [0.4, 0.5) is 9.18 Å². The van der Waals surface area contributed by atoms with Crippen molar-refractivity contribution in [1.29, 1.82) is 0 Å². The maximum Gasteiger partial charge on any atom is 0.315 e. The Labute approximate surface area is 136 Å². The molecule has 0 aliphatic heterocycles. The van der Waals surface area contributed by atoms with Crippen molar-refractivity contribution < 1.29 is 9.18 Å². The first-order chi connectivity index (χ1) is 10.6. The first-order valence-corrected chi connectivity index (χ1v) is 8.99. The average Bonchev–Trinajstić information content (AvgIpc) is 2.50. The second-order valence-electron chi connectivity index (χ2n) is 6.10. The van der Waals surface area contributed by atoms with Gasteiger partial charge in [-0.15, -0.1) is 11.8 Å². The second kappa shape index (κ2) is 8.42. The Balaban J connectivity index is 1.75. The third-order valence-electron chi connectivity index (χ3n) is 4.33. The zero-order valence-corrected chi connectivity index (χ0v) is 13.9. The van der Waals surface area contributed by atoms with Crippen LogP contribution < -0.4 is 5.73 Å². The summed E-state index contributed by atoms with van der Waals surface area (Å²) in [5.74, 6) is 1.45. The van der Waals surface area contributed by atoms with Gasteiger partial charge in [0.05, 0.1) is 0 Å². The standard InChI is InChI=1S/C17H25FN2OS/c1-13-3-7-15(8-4-13)20(17(19)21)11-2-12-22-16-9-5-14(18)6-10-16/h5-6,9-10,13,15H,2-4,7-8,11-12H2,1H3,(H2,19,21)/t13-,15-. The van der Waals surface area contributed by atoms with Gasteiger partial charge in [0.25, 0.3) is 0 Å². The van der Waals surface area contributed by atoms with E-state index in [0.29, 0.717) is 12.6 Å². The number of hydrogen-bond acceptors (Lipinski definition) is 2. The van der Waals surface area contributed by atoms with E-state index in [1.807, 2.05) is 4.90 Å². The van der Waals surface area contributed by atoms with Crippen molar-refractivity contribution in [2.45, 2.75) is 50.0 Å². The van der Waals surface area contributed by atoms with E-state index in [-0.39, 0.29) is 11.8 Å². The quantitative estimate of drug-likeness (QED) is 0.627. The Morgan fingerprint density at radius 3 is 2.50 bits per heavy atom. The molecule has 2 rings (SSSR count). The summed E-state index contributed by atoms with van der Waals surface area (Å²) in [7, 11) is 0. The van der Waals surface area contributed by atoms with Crippen LogP contribution in [0, 0.1) is 11.7 Å². The predicted molar refractivity (Wildman–Crippen MR) is 89.5 cm³/mol. The van der Waals surface area contributed by atoms with Crippen LogP contribution in [-0.2, 0) is 0 Å². The topological polar surface area (TPSA) is 46.3 Å². The van der Waals surface area contributed by atoms with Crippen molar-refractivity contribution in [3.8, 4) is 0 Å². The van der Waals surface area contributed by atoms with Crippen molar-refractivity contribution in [2.24, 2.45) is 11.7 Å². The number of rotatable bonds is 6. The fourth-order valence-electron chi connectivity index (χ4n) is 2.98. The van der Waals surface area contributed by atoms with Gasteiger partial charge >= 0.3 is 6.03 Å². The second-order valence-corrected chi connectivity index (χ2v) is 7.27. The molecule has 1 fully saturated rings. The normalized spacial score (nSPS) is 21.5. The minimum atomic E-state index is -0.300. The highest BCUT2D eigenvalue weighted by Gasteiger charge is 2.25. The summed E-state index contributed by atoms with van der Waals surface area (Å²) >= 11 is 1.68. The lowest BCUT2D eigenvalue weighted by atomic mass is 9.86. The summed E-state index contributed by atoms with van der Waals surface area (Å²) in [6.45, 7) is 2.98. The molecule has 0 aromatic heterocycles. The number of urea groups is 1. The Bertz CT molecular complexity index is 472. The summed E-state index contributed by atoms with van der Waals surface area (Å²) in [5, 5.41) is 0. The lowest BCUT2D eigenvalue weighted by Crippen LogP contribution is -2.45. The lowest BCUT2D eigenvalue weighted by Gasteiger charge is -2.35. The van der Waals surface area contributed by atoms with Gasteiger partial charge in [0.15, 0.2) is 0 Å². The van der Waals surface area contributed by atoms with Crippen LogP contribution >= 0.6 is 11.8 Å². The van der Waals surface area contributed by atoms with Gasteiger partial charge < -0.3 is 10.6 Å². The van der Waals surface area contributed by atoms with Crippen molar-refractivity contribution in [3.63, 3.8) is 0 Å². The van der Waals surface area contributed by atoms with Gasteiger partial charge in [-0.25, -0.2) is 9.18 Å². The van der Waals surface area contributed by atoms with E-state index >= 15 is 0 Å². The lowest BCUT2D eigenvalue weighted by molar-refractivity contribution is 0.153. The van der Waals surface area contributed by atoms with E-state index in [1.165, 1.54) is 25.0 Å². The van der Waals surface area contributed by atoms with Gasteiger partial charge in [-0.2, -0.15) is 0 Å². The summed E-state index contributed by atoms with van der Waals surface area (Å²) in [6.07, 6.45) is 5.39. The minimum absolute atomic E-state index is 0.212. The fourth-order valence-corrected chi connectivity index (χ4v) is 3.82. The molecule has 3 nitrogen and oxygen atoms in total. The molecule has 122 valence electrons. The number of carbonyl (C=O) groups excluding carboxylic acids is 1. The molecule has 0 spiro atoms. The van der Waals surface area contributed by atoms with Crippen LogP contribution in [0.1, 0.15) is 39.0 Å². The fraction of sp³-hybridized carbons (Fsp3) is 0.588. The zero-order valence-electron chi connectivity index (χ0n) is 13.1. The molecule has 0 saturated heterocycles. The predicted octanol–water partition coefficient (Wildman–Crippen LogP) is 4.27. The molecule has 0 radical (unpaired) electrons. The molecule has 1 aromatic carbocycles. The number of benzene rings is 1. The number of halogens is 1. The van der Waals surface area contributed by atoms with Crippen molar-refractivity contribution in [2.75, 3.05) is 12.3 Å². The Morgan fingerprint density at radius 2 is 1.91 bits per heavy atom. The van der Waals surface area contributed by atoms with Gasteiger partial charge in [0.2, 0.25) is 0 Å². The van der Waals surface area contributed by atoms with Crippen LogP contribution in [0.3, 0.4) is 0 Å². The summed E-state index contributed by atoms with van der Waals surface area (Å²) in [4.78, 5) is 14.6. The molecule has 0 heterocycles. The molecule has 2 N–H and O–H groups in total. The first kappa shape index (κ1) is 17.1. The number of primary amides is 1. The van der Waals surface area contributed by atoms with Crippen LogP contribution in [0.15, 0.2) is 29.2 Å². The maximum atomic E-state index is 12.8. The highest BCUT2D eigenvalue weighted by Crippen LogP contribution is 2.27. The van der Waals surface area contributed by atoms with Crippen LogP contribution in [0.25, 0.3) is 0 Å². The third kappa shape index (κ3) is 5.20. The number of nitrogens with two attached hydrogens (primary N) is 1. The maximum absolute atomic E-state index is 12.8. The smallest absolute Gasteiger partial charge is 0.315 e. The minimum Gasteiger partial charge on any atom is -0.351 e. The molecule has 0 bridgehead atoms. The van der Waals surface area contributed by atoms with Gasteiger partial charge in [-0.3, -0.25) is 0 Å². The third-order valence-corrected chi connectivity index (χ3v) is 5.43. The molecule has 1 aromatic rings. The molecular weight excluding hydrogens is 299 g/mol. The molecule has 1 aliphatic rings. The van der Waals surface area contributed by atoms with E-state index in [1.54, 1.807) is 23.9 Å². The average molecular weight is 324 g/mol. The van der Waals surface area contributed by atoms with Crippen molar-refractivity contribution in [1.82, 2.24) is 4.90 Å². The SMILES string of the molecule is C[C@H]1CC[C@H](N(CCCSc2ccc(F)cc2)C(N)=O)CC1. The largest absolute Gasteiger partial charge is 0.351 e.